The maximum absolute atomic E-state index is 13.2. The van der Waals surface area contributed by atoms with Gasteiger partial charge in [-0.1, -0.05) is 18.2 Å². The lowest BCUT2D eigenvalue weighted by molar-refractivity contribution is 0.0828. The number of pyridine rings is 1. The second-order valence-electron chi connectivity index (χ2n) is 9.62. The van der Waals surface area contributed by atoms with Crippen molar-refractivity contribution in [2.75, 3.05) is 33.1 Å². The normalized spacial score (nSPS) is 12.6. The number of carbonyl (C=O) groups excluding carboxylic acids is 2. The molecule has 39 heavy (non-hydrogen) atoms. The third-order valence-electron chi connectivity index (χ3n) is 6.73. The summed E-state index contributed by atoms with van der Waals surface area (Å²) in [7, 11) is 4.96. The molecule has 0 atom stereocenters. The molecular weight excluding hydrogens is 494 g/mol. The SMILES string of the molecule is COc1ccccc1-c1[nH]nc2ncc(-c3ccc(NC(=O)N(CCC#N)C4CC4)c(C(=O)N(C)C)c3)cc12. The Morgan fingerprint density at radius 1 is 1.15 bits per heavy atom. The lowest BCUT2D eigenvalue weighted by Gasteiger charge is -2.23. The first-order valence-electron chi connectivity index (χ1n) is 12.7. The van der Waals surface area contributed by atoms with Crippen molar-refractivity contribution in [1.29, 1.82) is 5.26 Å². The Morgan fingerprint density at radius 3 is 2.67 bits per heavy atom. The molecule has 0 spiro atoms. The number of methoxy groups -OCH3 is 1. The third-order valence-corrected chi connectivity index (χ3v) is 6.73. The standard InChI is InChI=1S/C29H29N7O3/c1-35(2)28(37)22-15-18(9-12-24(22)32-29(38)36(14-6-13-30)20-10-11-20)19-16-23-26(33-34-27(23)31-17-19)21-7-4-5-8-25(21)39-3/h4-5,7-9,12,15-17,20H,6,10-11,14H2,1-3H3,(H,32,38)(H,31,33,34). The number of hydrogen-bond donors (Lipinski definition) is 2. The fourth-order valence-electron chi connectivity index (χ4n) is 4.56. The molecule has 2 aromatic heterocycles. The Morgan fingerprint density at radius 2 is 1.95 bits per heavy atom. The van der Waals surface area contributed by atoms with Crippen molar-refractivity contribution in [2.45, 2.75) is 25.3 Å². The van der Waals surface area contributed by atoms with E-state index in [4.69, 9.17) is 10.00 Å². The van der Waals surface area contributed by atoms with Crippen LogP contribution in [0.3, 0.4) is 0 Å². The molecule has 5 rings (SSSR count). The Bertz CT molecular complexity index is 1580. The van der Waals surface area contributed by atoms with Gasteiger partial charge in [0.15, 0.2) is 5.65 Å². The molecule has 10 heteroatoms. The van der Waals surface area contributed by atoms with E-state index in [0.717, 1.165) is 40.6 Å². The molecular formula is C29H29N7O3. The number of H-pyrrole nitrogens is 1. The summed E-state index contributed by atoms with van der Waals surface area (Å²) >= 11 is 0. The highest BCUT2D eigenvalue weighted by atomic mass is 16.5. The number of carbonyl (C=O) groups is 2. The smallest absolute Gasteiger partial charge is 0.322 e. The van der Waals surface area contributed by atoms with E-state index in [1.165, 1.54) is 4.90 Å². The Balaban J connectivity index is 1.52. The molecule has 10 nitrogen and oxygen atoms in total. The van der Waals surface area contributed by atoms with E-state index >= 15 is 0 Å². The van der Waals surface area contributed by atoms with Crippen molar-refractivity contribution in [3.63, 3.8) is 0 Å². The number of rotatable bonds is 8. The van der Waals surface area contributed by atoms with Crippen LogP contribution in [0, 0.1) is 11.3 Å². The van der Waals surface area contributed by atoms with E-state index < -0.39 is 0 Å². The molecule has 1 aliphatic rings. The van der Waals surface area contributed by atoms with E-state index in [2.05, 4.69) is 26.6 Å². The maximum atomic E-state index is 13.2. The number of nitrogens with one attached hydrogen (secondary N) is 2. The van der Waals surface area contributed by atoms with Crippen LogP contribution in [0.15, 0.2) is 54.7 Å². The van der Waals surface area contributed by atoms with Crippen molar-refractivity contribution >= 4 is 28.7 Å². The van der Waals surface area contributed by atoms with Crippen LogP contribution in [0.2, 0.25) is 0 Å². The van der Waals surface area contributed by atoms with Crippen LogP contribution in [0.5, 0.6) is 5.75 Å². The summed E-state index contributed by atoms with van der Waals surface area (Å²) in [6.07, 6.45) is 3.80. The number of fused-ring (bicyclic) bond motifs is 1. The van der Waals surface area contributed by atoms with Crippen LogP contribution >= 0.6 is 0 Å². The van der Waals surface area contributed by atoms with Gasteiger partial charge in [0.1, 0.15) is 5.75 Å². The molecule has 0 saturated heterocycles. The van der Waals surface area contributed by atoms with Gasteiger partial charge in [0.2, 0.25) is 0 Å². The third kappa shape index (κ3) is 5.25. The number of amides is 3. The lowest BCUT2D eigenvalue weighted by Crippen LogP contribution is -2.38. The number of nitriles is 1. The predicted octanol–water partition coefficient (Wildman–Crippen LogP) is 4.91. The largest absolute Gasteiger partial charge is 0.496 e. The molecule has 1 fully saturated rings. The number of nitrogens with zero attached hydrogens (tertiary/aromatic N) is 5. The van der Waals surface area contributed by atoms with Crippen LogP contribution in [-0.4, -0.2) is 70.7 Å². The molecule has 198 valence electrons. The zero-order valence-corrected chi connectivity index (χ0v) is 22.1. The highest BCUT2D eigenvalue weighted by Gasteiger charge is 2.32. The highest BCUT2D eigenvalue weighted by molar-refractivity contribution is 6.04. The predicted molar refractivity (Wildman–Crippen MR) is 148 cm³/mol. The number of aromatic nitrogens is 3. The highest BCUT2D eigenvalue weighted by Crippen LogP contribution is 2.35. The number of anilines is 1. The van der Waals surface area contributed by atoms with Crippen LogP contribution in [-0.2, 0) is 0 Å². The van der Waals surface area contributed by atoms with Crippen molar-refractivity contribution in [3.05, 3.63) is 60.3 Å². The first kappa shape index (κ1) is 25.7. The number of hydrogen-bond acceptors (Lipinski definition) is 6. The topological polar surface area (TPSA) is 127 Å². The maximum Gasteiger partial charge on any atom is 0.322 e. The summed E-state index contributed by atoms with van der Waals surface area (Å²) in [6.45, 7) is 0.354. The summed E-state index contributed by atoms with van der Waals surface area (Å²) < 4.78 is 5.54. The van der Waals surface area contributed by atoms with Crippen molar-refractivity contribution in [1.82, 2.24) is 25.0 Å². The molecule has 1 saturated carbocycles. The van der Waals surface area contributed by atoms with E-state index in [1.807, 2.05) is 36.4 Å². The summed E-state index contributed by atoms with van der Waals surface area (Å²) in [5.74, 6) is 0.469. The zero-order valence-electron chi connectivity index (χ0n) is 22.1. The minimum absolute atomic E-state index is 0.135. The molecule has 0 radical (unpaired) electrons. The molecule has 0 aliphatic heterocycles. The van der Waals surface area contributed by atoms with Gasteiger partial charge in [-0.3, -0.25) is 9.89 Å². The minimum Gasteiger partial charge on any atom is -0.496 e. The van der Waals surface area contributed by atoms with Gasteiger partial charge in [0.25, 0.3) is 5.91 Å². The van der Waals surface area contributed by atoms with Crippen LogP contribution in [0.4, 0.5) is 10.5 Å². The number of ether oxygens (including phenoxy) is 1. The van der Waals surface area contributed by atoms with E-state index in [0.29, 0.717) is 29.2 Å². The molecule has 0 unspecified atom stereocenters. The summed E-state index contributed by atoms with van der Waals surface area (Å²) in [4.78, 5) is 34.0. The minimum atomic E-state index is -0.309. The quantitative estimate of drug-likeness (QED) is 0.338. The molecule has 4 aromatic rings. The first-order chi connectivity index (χ1) is 18.9. The first-order valence-corrected chi connectivity index (χ1v) is 12.7. The zero-order chi connectivity index (χ0) is 27.5. The van der Waals surface area contributed by atoms with Crippen LogP contribution < -0.4 is 10.1 Å². The Labute approximate surface area is 226 Å². The molecule has 2 aromatic carbocycles. The lowest BCUT2D eigenvalue weighted by atomic mass is 10.0. The fourth-order valence-corrected chi connectivity index (χ4v) is 4.56. The second-order valence-corrected chi connectivity index (χ2v) is 9.62. The number of benzene rings is 2. The van der Waals surface area contributed by atoms with Gasteiger partial charge < -0.3 is 19.9 Å². The summed E-state index contributed by atoms with van der Waals surface area (Å²) in [5, 5.41) is 20.1. The average Bonchev–Trinajstić information content (AvgIpc) is 3.70. The summed E-state index contributed by atoms with van der Waals surface area (Å²) in [6, 6.07) is 16.9. The fraction of sp³-hybridized carbons (Fsp3) is 0.276. The van der Waals surface area contributed by atoms with E-state index in [-0.39, 0.29) is 24.4 Å². The number of para-hydroxylation sites is 1. The van der Waals surface area contributed by atoms with Gasteiger partial charge >= 0.3 is 6.03 Å². The Hall–Kier alpha value is -4.91. The van der Waals surface area contributed by atoms with Gasteiger partial charge in [-0.2, -0.15) is 10.4 Å². The van der Waals surface area contributed by atoms with Crippen LogP contribution in [0.25, 0.3) is 33.4 Å². The van der Waals surface area contributed by atoms with Crippen molar-refractivity contribution < 1.29 is 14.3 Å². The Kier molecular flexibility index (Phi) is 7.14. The second kappa shape index (κ2) is 10.8. The number of urea groups is 1. The molecule has 1 aliphatic carbocycles. The number of aromatic amines is 1. The molecule has 3 amide bonds. The molecule has 2 heterocycles. The van der Waals surface area contributed by atoms with E-state index in [9.17, 15) is 9.59 Å². The van der Waals surface area contributed by atoms with Gasteiger partial charge in [-0.15, -0.1) is 0 Å². The van der Waals surface area contributed by atoms with Crippen molar-refractivity contribution in [2.24, 2.45) is 0 Å². The van der Waals surface area contributed by atoms with Gasteiger partial charge in [-0.05, 0) is 48.7 Å². The van der Waals surface area contributed by atoms with E-state index in [1.54, 1.807) is 44.4 Å². The monoisotopic (exact) mass is 523 g/mol. The van der Waals surface area contributed by atoms with Gasteiger partial charge in [0.05, 0.1) is 36.5 Å². The van der Waals surface area contributed by atoms with Gasteiger partial charge in [0, 0.05) is 49.4 Å². The van der Waals surface area contributed by atoms with Crippen molar-refractivity contribution in [3.8, 4) is 34.2 Å². The molecule has 0 bridgehead atoms. The summed E-state index contributed by atoms with van der Waals surface area (Å²) in [5.41, 5.74) is 4.53. The average molecular weight is 524 g/mol. The molecule has 2 N–H and O–H groups in total. The van der Waals surface area contributed by atoms with Crippen LogP contribution in [0.1, 0.15) is 29.6 Å². The van der Waals surface area contributed by atoms with Gasteiger partial charge in [-0.25, -0.2) is 9.78 Å².